The number of aromatic nitrogens is 3. The summed E-state index contributed by atoms with van der Waals surface area (Å²) >= 11 is 1.41. The number of benzene rings is 2. The van der Waals surface area contributed by atoms with Crippen LogP contribution in [0.5, 0.6) is 5.75 Å². The van der Waals surface area contributed by atoms with Gasteiger partial charge in [-0.05, 0) is 49.2 Å². The number of aryl methyl sites for hydroxylation is 2. The van der Waals surface area contributed by atoms with E-state index in [0.717, 1.165) is 28.4 Å². The second-order valence-corrected chi connectivity index (χ2v) is 7.75. The first-order valence-electron chi connectivity index (χ1n) is 8.92. The molecule has 0 spiro atoms. The third kappa shape index (κ3) is 3.55. The highest BCUT2D eigenvalue weighted by molar-refractivity contribution is 8.00. The van der Waals surface area contributed by atoms with Gasteiger partial charge in [0.25, 0.3) is 0 Å². The van der Waals surface area contributed by atoms with Crippen LogP contribution >= 0.6 is 11.8 Å². The van der Waals surface area contributed by atoms with Crippen LogP contribution in [0.25, 0.3) is 0 Å². The predicted octanol–water partition coefficient (Wildman–Crippen LogP) is 3.30. The number of carbonyl (C=O) groups is 1. The van der Waals surface area contributed by atoms with E-state index in [-0.39, 0.29) is 11.9 Å². The maximum absolute atomic E-state index is 13.1. The lowest BCUT2D eigenvalue weighted by Gasteiger charge is -2.32. The fraction of sp³-hybridized carbons (Fsp3) is 0.250. The molecule has 3 aromatic rings. The minimum atomic E-state index is -0.412. The summed E-state index contributed by atoms with van der Waals surface area (Å²) in [5, 5.41) is 11.6. The van der Waals surface area contributed by atoms with E-state index in [1.54, 1.807) is 7.11 Å². The Morgan fingerprint density at radius 2 is 1.96 bits per heavy atom. The van der Waals surface area contributed by atoms with Crippen molar-refractivity contribution in [3.8, 4) is 5.75 Å². The van der Waals surface area contributed by atoms with Crippen molar-refractivity contribution in [1.29, 1.82) is 0 Å². The van der Waals surface area contributed by atoms with Gasteiger partial charge in [0.2, 0.25) is 11.1 Å². The van der Waals surface area contributed by atoms with E-state index in [0.29, 0.717) is 5.16 Å². The van der Waals surface area contributed by atoms with E-state index in [1.165, 1.54) is 11.8 Å². The zero-order valence-corrected chi connectivity index (χ0v) is 16.7. The van der Waals surface area contributed by atoms with Gasteiger partial charge in [-0.3, -0.25) is 4.79 Å². The molecule has 2 N–H and O–H groups in total. The van der Waals surface area contributed by atoms with Crippen molar-refractivity contribution in [3.05, 3.63) is 65.5 Å². The molecule has 0 radical (unpaired) electrons. The standard InChI is InChI=1S/C20H21N5O2S/c1-12-5-4-6-15(11-12)21-19(26)18-17(14-7-9-16(27-3)10-8-14)24-25-13(2)22-23-20(25)28-18/h4-11,17-18,24H,1-3H3,(H,21,26)/t17-,18+/m1/s1. The van der Waals surface area contributed by atoms with Gasteiger partial charge in [0.15, 0.2) is 0 Å². The van der Waals surface area contributed by atoms with Crippen LogP contribution in [-0.2, 0) is 4.79 Å². The van der Waals surface area contributed by atoms with E-state index < -0.39 is 5.25 Å². The van der Waals surface area contributed by atoms with Gasteiger partial charge in [-0.1, -0.05) is 36.0 Å². The molecule has 0 saturated heterocycles. The van der Waals surface area contributed by atoms with E-state index >= 15 is 0 Å². The maximum atomic E-state index is 13.1. The second kappa shape index (κ2) is 7.55. The summed E-state index contributed by atoms with van der Waals surface area (Å²) in [5.41, 5.74) is 6.25. The molecule has 0 aliphatic carbocycles. The van der Waals surface area contributed by atoms with Crippen molar-refractivity contribution in [2.75, 3.05) is 17.9 Å². The minimum absolute atomic E-state index is 0.0872. The van der Waals surface area contributed by atoms with Gasteiger partial charge in [0.05, 0.1) is 13.2 Å². The number of thioether (sulfide) groups is 1. The number of nitrogens with one attached hydrogen (secondary N) is 2. The summed E-state index contributed by atoms with van der Waals surface area (Å²) in [7, 11) is 1.63. The Bertz CT molecular complexity index is 1000. The number of amides is 1. The Kier molecular flexibility index (Phi) is 4.95. The molecule has 2 aromatic carbocycles. The van der Waals surface area contributed by atoms with Gasteiger partial charge in [0, 0.05) is 5.69 Å². The molecule has 1 aromatic heterocycles. The van der Waals surface area contributed by atoms with E-state index in [2.05, 4.69) is 20.9 Å². The van der Waals surface area contributed by atoms with Crippen LogP contribution in [0.4, 0.5) is 5.69 Å². The van der Waals surface area contributed by atoms with Crippen molar-refractivity contribution in [3.63, 3.8) is 0 Å². The third-order valence-electron chi connectivity index (χ3n) is 4.62. The van der Waals surface area contributed by atoms with E-state index in [1.807, 2.05) is 67.1 Å². The van der Waals surface area contributed by atoms with Crippen LogP contribution in [0, 0.1) is 13.8 Å². The van der Waals surface area contributed by atoms with Crippen molar-refractivity contribution in [1.82, 2.24) is 14.9 Å². The van der Waals surface area contributed by atoms with Crippen molar-refractivity contribution in [2.24, 2.45) is 0 Å². The summed E-state index contributed by atoms with van der Waals surface area (Å²) in [4.78, 5) is 13.1. The van der Waals surface area contributed by atoms with E-state index in [4.69, 9.17) is 4.74 Å². The van der Waals surface area contributed by atoms with Crippen molar-refractivity contribution >= 4 is 23.4 Å². The fourth-order valence-electron chi connectivity index (χ4n) is 3.16. The largest absolute Gasteiger partial charge is 0.497 e. The van der Waals surface area contributed by atoms with Gasteiger partial charge in [-0.2, -0.15) is 0 Å². The molecular weight excluding hydrogens is 374 g/mol. The molecule has 7 nitrogen and oxygen atoms in total. The van der Waals surface area contributed by atoms with Crippen LogP contribution in [0.2, 0.25) is 0 Å². The highest BCUT2D eigenvalue weighted by atomic mass is 32.2. The monoisotopic (exact) mass is 395 g/mol. The summed E-state index contributed by atoms with van der Waals surface area (Å²) in [6.45, 7) is 3.88. The molecule has 0 saturated carbocycles. The molecular formula is C20H21N5O2S. The molecule has 2 atom stereocenters. The van der Waals surface area contributed by atoms with Crippen LogP contribution in [0.15, 0.2) is 53.7 Å². The Labute approximate surface area is 167 Å². The van der Waals surface area contributed by atoms with Crippen molar-refractivity contribution in [2.45, 2.75) is 30.3 Å². The maximum Gasteiger partial charge on any atom is 0.240 e. The van der Waals surface area contributed by atoms with Crippen LogP contribution in [0.3, 0.4) is 0 Å². The second-order valence-electron chi connectivity index (χ2n) is 6.64. The SMILES string of the molecule is COc1ccc([C@H]2Nn3c(C)nnc3S[C@@H]2C(=O)Nc2cccc(C)c2)cc1. The lowest BCUT2D eigenvalue weighted by Crippen LogP contribution is -2.41. The molecule has 4 rings (SSSR count). The average molecular weight is 395 g/mol. The van der Waals surface area contributed by atoms with Gasteiger partial charge < -0.3 is 15.5 Å². The Morgan fingerprint density at radius 3 is 2.68 bits per heavy atom. The molecule has 1 amide bonds. The first-order chi connectivity index (χ1) is 13.5. The van der Waals surface area contributed by atoms with Gasteiger partial charge in [0.1, 0.15) is 16.8 Å². The zero-order valence-electron chi connectivity index (χ0n) is 15.8. The third-order valence-corrected chi connectivity index (χ3v) is 5.83. The first kappa shape index (κ1) is 18.4. The Balaban J connectivity index is 1.65. The van der Waals surface area contributed by atoms with Gasteiger partial charge >= 0.3 is 0 Å². The molecule has 0 bridgehead atoms. The average Bonchev–Trinajstić information content (AvgIpc) is 3.07. The summed E-state index contributed by atoms with van der Waals surface area (Å²) in [5.74, 6) is 1.43. The number of carbonyl (C=O) groups excluding carboxylic acids is 1. The molecule has 2 heterocycles. The molecule has 1 aliphatic rings. The predicted molar refractivity (Wildman–Crippen MR) is 109 cm³/mol. The molecule has 0 fully saturated rings. The highest BCUT2D eigenvalue weighted by Crippen LogP contribution is 2.37. The number of anilines is 1. The zero-order chi connectivity index (χ0) is 19.7. The highest BCUT2D eigenvalue weighted by Gasteiger charge is 2.37. The normalized spacial score (nSPS) is 18.1. The van der Waals surface area contributed by atoms with E-state index in [9.17, 15) is 4.79 Å². The molecule has 0 unspecified atom stereocenters. The van der Waals surface area contributed by atoms with Crippen molar-refractivity contribution < 1.29 is 9.53 Å². The fourth-order valence-corrected chi connectivity index (χ4v) is 4.28. The Morgan fingerprint density at radius 1 is 1.18 bits per heavy atom. The summed E-state index contributed by atoms with van der Waals surface area (Å²) in [6.07, 6.45) is 0. The number of rotatable bonds is 4. The number of ether oxygens (including phenoxy) is 1. The minimum Gasteiger partial charge on any atom is -0.497 e. The molecule has 8 heteroatoms. The summed E-state index contributed by atoms with van der Waals surface area (Å²) < 4.78 is 7.08. The lowest BCUT2D eigenvalue weighted by atomic mass is 10.0. The Hall–Kier alpha value is -3.00. The van der Waals surface area contributed by atoms with Gasteiger partial charge in [-0.15, -0.1) is 10.2 Å². The quantitative estimate of drug-likeness (QED) is 0.706. The molecule has 144 valence electrons. The smallest absolute Gasteiger partial charge is 0.240 e. The molecule has 1 aliphatic heterocycles. The van der Waals surface area contributed by atoms with Gasteiger partial charge in [-0.25, -0.2) is 4.68 Å². The van der Waals surface area contributed by atoms with Crippen LogP contribution < -0.4 is 15.5 Å². The lowest BCUT2D eigenvalue weighted by molar-refractivity contribution is -0.116. The number of methoxy groups -OCH3 is 1. The molecule has 28 heavy (non-hydrogen) atoms. The number of hydrogen-bond acceptors (Lipinski definition) is 6. The topological polar surface area (TPSA) is 81.1 Å². The van der Waals surface area contributed by atoms with Crippen LogP contribution in [-0.4, -0.2) is 33.1 Å². The van der Waals surface area contributed by atoms with Crippen LogP contribution in [0.1, 0.15) is 23.0 Å². The number of fused-ring (bicyclic) bond motifs is 1. The summed E-state index contributed by atoms with van der Waals surface area (Å²) in [6, 6.07) is 15.2. The first-order valence-corrected chi connectivity index (χ1v) is 9.80. The number of nitrogens with zero attached hydrogens (tertiary/aromatic N) is 3. The number of hydrogen-bond donors (Lipinski definition) is 2.